The minimum absolute atomic E-state index is 0.0123. The summed E-state index contributed by atoms with van der Waals surface area (Å²) < 4.78 is 40.5. The summed E-state index contributed by atoms with van der Waals surface area (Å²) >= 11 is 0. The van der Waals surface area contributed by atoms with E-state index in [1.165, 1.54) is 17.1 Å². The molecule has 1 aromatic heterocycles. The molecule has 1 saturated heterocycles. The van der Waals surface area contributed by atoms with E-state index in [2.05, 4.69) is 4.98 Å². The summed E-state index contributed by atoms with van der Waals surface area (Å²) in [6.45, 7) is 2.49. The maximum Gasteiger partial charge on any atom is 0.451 e. The van der Waals surface area contributed by atoms with Crippen molar-refractivity contribution in [3.05, 3.63) is 40.4 Å². The fourth-order valence-corrected chi connectivity index (χ4v) is 2.64. The molecule has 1 fully saturated rings. The number of hydrogen-bond acceptors (Lipinski definition) is 3. The van der Waals surface area contributed by atoms with Crippen molar-refractivity contribution in [2.75, 3.05) is 11.6 Å². The molecular weight excluding hydrogens is 295 g/mol. The molecule has 2 aromatic rings. The van der Waals surface area contributed by atoms with E-state index in [9.17, 15) is 18.0 Å². The van der Waals surface area contributed by atoms with Gasteiger partial charge in [0.2, 0.25) is 5.82 Å². The highest BCUT2D eigenvalue weighted by atomic mass is 19.4. The van der Waals surface area contributed by atoms with Crippen LogP contribution in [0.2, 0.25) is 0 Å². The van der Waals surface area contributed by atoms with E-state index >= 15 is 0 Å². The fraction of sp³-hybridized carbons (Fsp3) is 0.467. The lowest BCUT2D eigenvalue weighted by molar-refractivity contribution is -0.147. The Morgan fingerprint density at radius 3 is 2.73 bits per heavy atom. The number of aromatic nitrogens is 2. The van der Waals surface area contributed by atoms with Gasteiger partial charge in [0.05, 0.1) is 23.5 Å². The van der Waals surface area contributed by atoms with Crippen molar-refractivity contribution in [2.24, 2.45) is 0 Å². The molecule has 2 heterocycles. The van der Waals surface area contributed by atoms with Crippen LogP contribution in [0.15, 0.2) is 29.1 Å². The summed E-state index contributed by atoms with van der Waals surface area (Å²) in [7, 11) is 0. The Morgan fingerprint density at radius 1 is 1.32 bits per heavy atom. The minimum Gasteiger partial charge on any atom is -0.301 e. The van der Waals surface area contributed by atoms with Crippen molar-refractivity contribution in [3.8, 4) is 0 Å². The molecule has 0 amide bonds. The summed E-state index contributed by atoms with van der Waals surface area (Å²) in [6.07, 6.45) is -1.98. The van der Waals surface area contributed by atoms with Crippen LogP contribution in [0.3, 0.4) is 0 Å². The van der Waals surface area contributed by atoms with E-state index in [1.54, 1.807) is 12.1 Å². The second-order valence-electron chi connectivity index (χ2n) is 5.49. The first-order valence-electron chi connectivity index (χ1n) is 7.29. The number of alkyl halides is 3. The summed E-state index contributed by atoms with van der Waals surface area (Å²) in [5, 5.41) is 1.66. The molecular formula is C15H16F3N3O. The zero-order chi connectivity index (χ0) is 15.9. The van der Waals surface area contributed by atoms with Gasteiger partial charge in [0.1, 0.15) is 0 Å². The lowest BCUT2D eigenvalue weighted by Gasteiger charge is -2.17. The number of rotatable bonds is 4. The Bertz CT molecular complexity index is 754. The number of para-hydroxylation sites is 1. The number of unbranched alkanes of at least 4 members (excludes halogenated alkanes) is 1. The molecule has 0 N–H and O–H groups in total. The van der Waals surface area contributed by atoms with Crippen molar-refractivity contribution in [2.45, 2.75) is 38.4 Å². The standard InChI is InChI=1S/C15H16F3N3O/c1-2-3-6-10-9-20(10)21-13(22)11-7-4-5-8-12(11)19-14(21)15(16,17)18/h4-5,7-8,10H,2-3,6,9H2,1H3. The lowest BCUT2D eigenvalue weighted by atomic mass is 10.2. The van der Waals surface area contributed by atoms with Crippen LogP contribution in [-0.2, 0) is 6.18 Å². The van der Waals surface area contributed by atoms with Crippen LogP contribution in [-0.4, -0.2) is 22.2 Å². The highest BCUT2D eigenvalue weighted by Gasteiger charge is 2.44. The van der Waals surface area contributed by atoms with Crippen LogP contribution in [0.5, 0.6) is 0 Å². The molecule has 7 heteroatoms. The largest absolute Gasteiger partial charge is 0.451 e. The Hall–Kier alpha value is -2.05. The van der Waals surface area contributed by atoms with E-state index in [0.717, 1.165) is 19.3 Å². The Morgan fingerprint density at radius 2 is 2.05 bits per heavy atom. The first kappa shape index (κ1) is 14.9. The van der Waals surface area contributed by atoms with Crippen molar-refractivity contribution < 1.29 is 13.2 Å². The Kier molecular flexibility index (Phi) is 3.58. The van der Waals surface area contributed by atoms with Crippen LogP contribution < -0.4 is 10.6 Å². The summed E-state index contributed by atoms with van der Waals surface area (Å²) in [5.41, 5.74) is -0.583. The van der Waals surface area contributed by atoms with Crippen molar-refractivity contribution in [3.63, 3.8) is 0 Å². The van der Waals surface area contributed by atoms with Crippen LogP contribution in [0.1, 0.15) is 32.0 Å². The predicted octanol–water partition coefficient (Wildman–Crippen LogP) is 2.93. The van der Waals surface area contributed by atoms with Gasteiger partial charge < -0.3 is 5.01 Å². The van der Waals surface area contributed by atoms with Gasteiger partial charge in [0.25, 0.3) is 5.56 Å². The van der Waals surface area contributed by atoms with Gasteiger partial charge in [-0.25, -0.2) is 4.98 Å². The molecule has 0 bridgehead atoms. The first-order chi connectivity index (χ1) is 10.4. The van der Waals surface area contributed by atoms with Gasteiger partial charge >= 0.3 is 6.18 Å². The summed E-state index contributed by atoms with van der Waals surface area (Å²) in [5.74, 6) is -1.14. The SMILES string of the molecule is CCCCC1CN1n1c(C(F)(F)F)nc2ccccc2c1=O. The van der Waals surface area contributed by atoms with Gasteiger partial charge in [-0.15, -0.1) is 0 Å². The number of hydrogen-bond donors (Lipinski definition) is 0. The molecule has 0 aliphatic carbocycles. The molecule has 3 rings (SSSR count). The Labute approximate surface area is 125 Å². The number of nitrogens with zero attached hydrogens (tertiary/aromatic N) is 3. The third kappa shape index (κ3) is 2.55. The van der Waals surface area contributed by atoms with Crippen LogP contribution in [0, 0.1) is 0 Å². The monoisotopic (exact) mass is 311 g/mol. The van der Waals surface area contributed by atoms with Gasteiger partial charge in [0, 0.05) is 0 Å². The zero-order valence-electron chi connectivity index (χ0n) is 12.1. The third-order valence-electron chi connectivity index (χ3n) is 3.84. The van der Waals surface area contributed by atoms with Gasteiger partial charge in [-0.1, -0.05) is 31.9 Å². The number of halogens is 3. The van der Waals surface area contributed by atoms with E-state index in [1.807, 2.05) is 6.92 Å². The molecule has 1 unspecified atom stereocenters. The zero-order valence-corrected chi connectivity index (χ0v) is 12.1. The highest BCUT2D eigenvalue weighted by molar-refractivity contribution is 5.77. The Balaban J connectivity index is 2.11. The van der Waals surface area contributed by atoms with E-state index in [0.29, 0.717) is 11.2 Å². The van der Waals surface area contributed by atoms with Gasteiger partial charge in [-0.05, 0) is 18.6 Å². The normalized spacial score (nSPS) is 18.0. The van der Waals surface area contributed by atoms with Crippen molar-refractivity contribution in [1.29, 1.82) is 0 Å². The minimum atomic E-state index is -4.67. The molecule has 0 radical (unpaired) electrons. The quantitative estimate of drug-likeness (QED) is 0.815. The molecule has 1 aromatic carbocycles. The average molecular weight is 311 g/mol. The van der Waals surface area contributed by atoms with Crippen LogP contribution in [0.25, 0.3) is 10.9 Å². The molecule has 1 aliphatic heterocycles. The topological polar surface area (TPSA) is 37.9 Å². The van der Waals surface area contributed by atoms with E-state index < -0.39 is 17.6 Å². The number of benzene rings is 1. The average Bonchev–Trinajstić information content (AvgIpc) is 3.23. The fourth-order valence-electron chi connectivity index (χ4n) is 2.64. The molecule has 118 valence electrons. The molecule has 22 heavy (non-hydrogen) atoms. The molecule has 1 atom stereocenters. The van der Waals surface area contributed by atoms with Gasteiger partial charge in [0.15, 0.2) is 0 Å². The van der Waals surface area contributed by atoms with Gasteiger partial charge in [-0.3, -0.25) is 4.79 Å². The second kappa shape index (κ2) is 5.30. The summed E-state index contributed by atoms with van der Waals surface area (Å²) in [6, 6.07) is 6.11. The van der Waals surface area contributed by atoms with Crippen molar-refractivity contribution >= 4 is 10.9 Å². The third-order valence-corrected chi connectivity index (χ3v) is 3.84. The molecule has 4 nitrogen and oxygen atoms in total. The maximum absolute atomic E-state index is 13.3. The van der Waals surface area contributed by atoms with Crippen LogP contribution in [0.4, 0.5) is 13.2 Å². The maximum atomic E-state index is 13.3. The van der Waals surface area contributed by atoms with Crippen molar-refractivity contribution in [1.82, 2.24) is 9.66 Å². The lowest BCUT2D eigenvalue weighted by Crippen LogP contribution is -2.37. The highest BCUT2D eigenvalue weighted by Crippen LogP contribution is 2.31. The number of fused-ring (bicyclic) bond motifs is 1. The summed E-state index contributed by atoms with van der Waals surface area (Å²) in [4.78, 5) is 16.2. The predicted molar refractivity (Wildman–Crippen MR) is 77.4 cm³/mol. The molecule has 0 spiro atoms. The smallest absolute Gasteiger partial charge is 0.301 e. The second-order valence-corrected chi connectivity index (χ2v) is 5.49. The van der Waals surface area contributed by atoms with E-state index in [-0.39, 0.29) is 16.9 Å². The molecule has 0 saturated carbocycles. The first-order valence-corrected chi connectivity index (χ1v) is 7.29. The van der Waals surface area contributed by atoms with E-state index in [4.69, 9.17) is 0 Å². The van der Waals surface area contributed by atoms with Crippen LogP contribution >= 0.6 is 0 Å². The van der Waals surface area contributed by atoms with Gasteiger partial charge in [-0.2, -0.15) is 17.8 Å². The molecule has 1 aliphatic rings.